The normalized spacial score (nSPS) is 15.8. The molecular weight excluding hydrogens is 358 g/mol. The smallest absolute Gasteiger partial charge is 0.0764 e. The number of aryl methyl sites for hydroxylation is 1. The molecule has 5 heteroatoms. The molecule has 1 aliphatic rings. The first-order valence-electron chi connectivity index (χ1n) is 10.9. The fourth-order valence-corrected chi connectivity index (χ4v) is 4.07. The van der Waals surface area contributed by atoms with E-state index in [1.54, 1.807) is 0 Å². The van der Waals surface area contributed by atoms with Crippen LogP contribution in [-0.4, -0.2) is 60.5 Å². The number of nitrogens with zero attached hydrogens (tertiary/aromatic N) is 4. The van der Waals surface area contributed by atoms with E-state index in [-0.39, 0.29) is 0 Å². The van der Waals surface area contributed by atoms with E-state index < -0.39 is 0 Å². The summed E-state index contributed by atoms with van der Waals surface area (Å²) < 4.78 is 2.07. The Labute approximate surface area is 175 Å². The number of para-hydroxylation sites is 1. The molecule has 0 bridgehead atoms. The van der Waals surface area contributed by atoms with Crippen LogP contribution in [0.15, 0.2) is 48.5 Å². The van der Waals surface area contributed by atoms with Gasteiger partial charge in [-0.1, -0.05) is 32.0 Å². The van der Waals surface area contributed by atoms with Crippen LogP contribution in [-0.2, 0) is 0 Å². The highest BCUT2D eigenvalue weighted by Crippen LogP contribution is 2.27. The maximum Gasteiger partial charge on any atom is 0.0764 e. The molecule has 29 heavy (non-hydrogen) atoms. The average molecular weight is 394 g/mol. The SMILES string of the molecule is CC.CNCC(C)N1CCN(c2ccc3c(C)nn(-c4ccccc4)c3c2)CC1. The molecule has 3 aromatic rings. The molecule has 1 fully saturated rings. The van der Waals surface area contributed by atoms with Crippen LogP contribution in [0, 0.1) is 6.92 Å². The summed E-state index contributed by atoms with van der Waals surface area (Å²) in [4.78, 5) is 5.07. The summed E-state index contributed by atoms with van der Waals surface area (Å²) >= 11 is 0. The fourth-order valence-electron chi connectivity index (χ4n) is 4.07. The number of rotatable bonds is 5. The van der Waals surface area contributed by atoms with Gasteiger partial charge in [0.1, 0.15) is 0 Å². The zero-order valence-corrected chi connectivity index (χ0v) is 18.5. The molecule has 1 unspecified atom stereocenters. The lowest BCUT2D eigenvalue weighted by atomic mass is 10.1. The Hall–Kier alpha value is -2.37. The number of likely N-dealkylation sites (N-methyl/N-ethyl adjacent to an activating group) is 1. The minimum absolute atomic E-state index is 0.585. The highest BCUT2D eigenvalue weighted by atomic mass is 15.3. The summed E-state index contributed by atoms with van der Waals surface area (Å²) in [6.45, 7) is 13.8. The molecule has 0 saturated carbocycles. The number of hydrogen-bond acceptors (Lipinski definition) is 4. The second-order valence-corrected chi connectivity index (χ2v) is 7.46. The Balaban J connectivity index is 0.00000117. The first-order chi connectivity index (χ1) is 14.2. The van der Waals surface area contributed by atoms with Gasteiger partial charge in [0.05, 0.1) is 16.9 Å². The number of nitrogens with one attached hydrogen (secondary N) is 1. The molecule has 1 saturated heterocycles. The predicted molar refractivity (Wildman–Crippen MR) is 124 cm³/mol. The van der Waals surface area contributed by atoms with Crippen molar-refractivity contribution in [2.45, 2.75) is 33.7 Å². The van der Waals surface area contributed by atoms with E-state index >= 15 is 0 Å². The summed E-state index contributed by atoms with van der Waals surface area (Å²) in [6.07, 6.45) is 0. The topological polar surface area (TPSA) is 36.3 Å². The Bertz CT molecular complexity index is 894. The van der Waals surface area contributed by atoms with E-state index in [0.717, 1.165) is 44.1 Å². The van der Waals surface area contributed by atoms with Gasteiger partial charge in [-0.3, -0.25) is 4.90 Å². The minimum Gasteiger partial charge on any atom is -0.369 e. The first-order valence-corrected chi connectivity index (χ1v) is 10.9. The van der Waals surface area contributed by atoms with E-state index in [0.29, 0.717) is 6.04 Å². The van der Waals surface area contributed by atoms with Gasteiger partial charge in [-0.2, -0.15) is 5.10 Å². The molecule has 0 radical (unpaired) electrons. The van der Waals surface area contributed by atoms with Gasteiger partial charge in [-0.25, -0.2) is 4.68 Å². The Morgan fingerprint density at radius 2 is 1.66 bits per heavy atom. The molecule has 1 atom stereocenters. The fraction of sp³-hybridized carbons (Fsp3) is 0.458. The van der Waals surface area contributed by atoms with Gasteiger partial charge in [-0.15, -0.1) is 0 Å². The number of hydrogen-bond donors (Lipinski definition) is 1. The number of aromatic nitrogens is 2. The second-order valence-electron chi connectivity index (χ2n) is 7.46. The standard InChI is InChI=1S/C22H29N5.C2H6/c1-17(16-23-3)25-11-13-26(14-12-25)20-9-10-21-18(2)24-27(22(21)15-20)19-7-5-4-6-8-19;1-2/h4-10,15,17,23H,11-14,16H2,1-3H3;1-2H3. The molecule has 1 N–H and O–H groups in total. The van der Waals surface area contributed by atoms with Crippen molar-refractivity contribution in [3.05, 3.63) is 54.2 Å². The molecule has 0 spiro atoms. The highest BCUT2D eigenvalue weighted by Gasteiger charge is 2.21. The van der Waals surface area contributed by atoms with Crippen molar-refractivity contribution < 1.29 is 0 Å². The highest BCUT2D eigenvalue weighted by molar-refractivity contribution is 5.86. The van der Waals surface area contributed by atoms with E-state index in [1.807, 2.05) is 27.0 Å². The van der Waals surface area contributed by atoms with Crippen LogP contribution in [0.2, 0.25) is 0 Å². The van der Waals surface area contributed by atoms with Crippen LogP contribution < -0.4 is 10.2 Å². The summed E-state index contributed by atoms with van der Waals surface area (Å²) in [5.74, 6) is 0. The largest absolute Gasteiger partial charge is 0.369 e. The molecule has 156 valence electrons. The van der Waals surface area contributed by atoms with E-state index in [9.17, 15) is 0 Å². The number of piperazine rings is 1. The third-order valence-electron chi connectivity index (χ3n) is 5.65. The maximum absolute atomic E-state index is 4.78. The molecular formula is C24H35N5. The quantitative estimate of drug-likeness (QED) is 0.708. The molecule has 2 aromatic carbocycles. The van der Waals surface area contributed by atoms with Gasteiger partial charge in [0.25, 0.3) is 0 Å². The molecule has 0 amide bonds. The predicted octanol–water partition coefficient (Wildman–Crippen LogP) is 4.09. The number of fused-ring (bicyclic) bond motifs is 1. The van der Waals surface area contributed by atoms with Crippen molar-refractivity contribution in [1.82, 2.24) is 20.0 Å². The zero-order valence-electron chi connectivity index (χ0n) is 18.5. The summed E-state index contributed by atoms with van der Waals surface area (Å²) in [5.41, 5.74) is 4.66. The Morgan fingerprint density at radius 1 is 0.966 bits per heavy atom. The van der Waals surface area contributed by atoms with Gasteiger partial charge in [0.2, 0.25) is 0 Å². The van der Waals surface area contributed by atoms with Crippen molar-refractivity contribution in [2.24, 2.45) is 0 Å². The van der Waals surface area contributed by atoms with E-state index in [2.05, 4.69) is 76.1 Å². The lowest BCUT2D eigenvalue weighted by Crippen LogP contribution is -2.51. The molecule has 2 heterocycles. The minimum atomic E-state index is 0.585. The lowest BCUT2D eigenvalue weighted by Gasteiger charge is -2.39. The Morgan fingerprint density at radius 3 is 2.31 bits per heavy atom. The van der Waals surface area contributed by atoms with E-state index in [1.165, 1.54) is 16.6 Å². The summed E-state index contributed by atoms with van der Waals surface area (Å²) in [7, 11) is 2.03. The maximum atomic E-state index is 4.78. The van der Waals surface area contributed by atoms with Crippen LogP contribution >= 0.6 is 0 Å². The van der Waals surface area contributed by atoms with Crippen LogP contribution in [0.1, 0.15) is 26.5 Å². The summed E-state index contributed by atoms with van der Waals surface area (Å²) in [6, 6.07) is 17.8. The number of benzene rings is 2. The third-order valence-corrected chi connectivity index (χ3v) is 5.65. The summed E-state index contributed by atoms with van der Waals surface area (Å²) in [5, 5.41) is 9.30. The molecule has 5 nitrogen and oxygen atoms in total. The van der Waals surface area contributed by atoms with Crippen molar-refractivity contribution in [3.8, 4) is 5.69 Å². The van der Waals surface area contributed by atoms with Gasteiger partial charge >= 0.3 is 0 Å². The van der Waals surface area contributed by atoms with Crippen molar-refractivity contribution in [2.75, 3.05) is 44.7 Å². The van der Waals surface area contributed by atoms with Crippen molar-refractivity contribution in [3.63, 3.8) is 0 Å². The van der Waals surface area contributed by atoms with Crippen LogP contribution in [0.5, 0.6) is 0 Å². The van der Waals surface area contributed by atoms with Gasteiger partial charge in [-0.05, 0) is 51.2 Å². The first kappa shape index (κ1) is 21.3. The van der Waals surface area contributed by atoms with E-state index in [4.69, 9.17) is 5.10 Å². The third kappa shape index (κ3) is 4.62. The second kappa shape index (κ2) is 9.90. The Kier molecular flexibility index (Phi) is 7.29. The molecule has 4 rings (SSSR count). The van der Waals surface area contributed by atoms with Crippen LogP contribution in [0.25, 0.3) is 16.6 Å². The van der Waals surface area contributed by atoms with Crippen molar-refractivity contribution in [1.29, 1.82) is 0 Å². The molecule has 0 aliphatic carbocycles. The zero-order chi connectivity index (χ0) is 20.8. The van der Waals surface area contributed by atoms with Crippen LogP contribution in [0.3, 0.4) is 0 Å². The number of anilines is 1. The van der Waals surface area contributed by atoms with Crippen molar-refractivity contribution >= 4 is 16.6 Å². The van der Waals surface area contributed by atoms with Gasteiger partial charge in [0, 0.05) is 49.8 Å². The van der Waals surface area contributed by atoms with Crippen LogP contribution in [0.4, 0.5) is 5.69 Å². The average Bonchev–Trinajstić information content (AvgIpc) is 3.12. The molecule has 1 aromatic heterocycles. The van der Waals surface area contributed by atoms with Gasteiger partial charge < -0.3 is 10.2 Å². The van der Waals surface area contributed by atoms with Gasteiger partial charge in [0.15, 0.2) is 0 Å². The molecule has 1 aliphatic heterocycles. The monoisotopic (exact) mass is 393 g/mol. The lowest BCUT2D eigenvalue weighted by molar-refractivity contribution is 0.195.